The summed E-state index contributed by atoms with van der Waals surface area (Å²) in [5, 5.41) is 3.32. The zero-order valence-corrected chi connectivity index (χ0v) is 10.7. The molecule has 0 bridgehead atoms. The van der Waals surface area contributed by atoms with Gasteiger partial charge in [-0.3, -0.25) is 0 Å². The minimum absolute atomic E-state index is 0.546. The summed E-state index contributed by atoms with van der Waals surface area (Å²) in [6.07, 6.45) is 1.12. The van der Waals surface area contributed by atoms with E-state index in [1.807, 2.05) is 7.05 Å². The van der Waals surface area contributed by atoms with Crippen LogP contribution in [0.15, 0.2) is 18.2 Å². The van der Waals surface area contributed by atoms with Crippen LogP contribution in [-0.4, -0.2) is 26.7 Å². The van der Waals surface area contributed by atoms with Crippen LogP contribution in [0.25, 0.3) is 0 Å². The molecule has 1 aromatic rings. The van der Waals surface area contributed by atoms with Crippen molar-refractivity contribution in [3.63, 3.8) is 0 Å². The Labute approximate surface area is 98.7 Å². The van der Waals surface area contributed by atoms with Crippen molar-refractivity contribution < 1.29 is 0 Å². The lowest BCUT2D eigenvalue weighted by Gasteiger charge is -2.16. The maximum atomic E-state index is 3.32. The van der Waals surface area contributed by atoms with Crippen molar-refractivity contribution in [1.82, 2.24) is 5.32 Å². The van der Waals surface area contributed by atoms with Gasteiger partial charge in [0.2, 0.25) is 0 Å². The fraction of sp³-hybridized carbons (Fsp3) is 0.571. The van der Waals surface area contributed by atoms with E-state index in [0.717, 1.165) is 13.0 Å². The number of hydrogen-bond donors (Lipinski definition) is 1. The molecule has 1 aliphatic rings. The first kappa shape index (κ1) is 11.5. The van der Waals surface area contributed by atoms with Gasteiger partial charge in [-0.15, -0.1) is 0 Å². The molecule has 88 valence electrons. The number of benzene rings is 1. The molecular weight excluding hydrogens is 196 g/mol. The van der Waals surface area contributed by atoms with E-state index >= 15 is 0 Å². The van der Waals surface area contributed by atoms with Gasteiger partial charge in [-0.2, -0.15) is 0 Å². The van der Waals surface area contributed by atoms with E-state index in [0.29, 0.717) is 12.0 Å². The van der Waals surface area contributed by atoms with Crippen molar-refractivity contribution in [2.24, 2.45) is 0 Å². The predicted molar refractivity (Wildman–Crippen MR) is 70.4 cm³/mol. The lowest BCUT2D eigenvalue weighted by atomic mass is 9.93. The summed E-state index contributed by atoms with van der Waals surface area (Å²) in [6.45, 7) is 5.72. The van der Waals surface area contributed by atoms with Gasteiger partial charge < -0.3 is 10.2 Å². The van der Waals surface area contributed by atoms with Gasteiger partial charge in [0.15, 0.2) is 0 Å². The molecule has 0 aromatic heterocycles. The number of fused-ring (bicyclic) bond motifs is 1. The highest BCUT2D eigenvalue weighted by Gasteiger charge is 2.25. The smallest absolute Gasteiger partial charge is 0.0402 e. The van der Waals surface area contributed by atoms with Crippen LogP contribution in [0, 0.1) is 0 Å². The first-order valence-electron chi connectivity index (χ1n) is 6.13. The zero-order chi connectivity index (χ0) is 11.7. The van der Waals surface area contributed by atoms with Crippen LogP contribution in [0.1, 0.15) is 30.9 Å². The molecule has 0 aliphatic carbocycles. The molecule has 1 aliphatic heterocycles. The third-order valence-corrected chi connectivity index (χ3v) is 3.64. The second-order valence-corrected chi connectivity index (χ2v) is 5.03. The molecule has 2 unspecified atom stereocenters. The first-order chi connectivity index (χ1) is 7.63. The average Bonchev–Trinajstić information content (AvgIpc) is 2.56. The molecule has 2 atom stereocenters. The second kappa shape index (κ2) is 4.46. The Morgan fingerprint density at radius 1 is 1.50 bits per heavy atom. The molecule has 2 nitrogen and oxygen atoms in total. The van der Waals surface area contributed by atoms with Crippen molar-refractivity contribution in [2.75, 3.05) is 25.5 Å². The zero-order valence-electron chi connectivity index (χ0n) is 10.7. The van der Waals surface area contributed by atoms with Crippen LogP contribution in [0.4, 0.5) is 5.69 Å². The van der Waals surface area contributed by atoms with Gasteiger partial charge in [0, 0.05) is 31.2 Å². The molecular formula is C14H22N2. The Balaban J connectivity index is 2.33. The Bertz CT molecular complexity index is 373. The van der Waals surface area contributed by atoms with E-state index in [9.17, 15) is 0 Å². The lowest BCUT2D eigenvalue weighted by Crippen LogP contribution is -2.24. The summed E-state index contributed by atoms with van der Waals surface area (Å²) in [7, 11) is 4.22. The summed E-state index contributed by atoms with van der Waals surface area (Å²) in [6, 6.07) is 7.25. The van der Waals surface area contributed by atoms with Crippen molar-refractivity contribution >= 4 is 5.69 Å². The molecule has 16 heavy (non-hydrogen) atoms. The van der Waals surface area contributed by atoms with Crippen molar-refractivity contribution in [1.29, 1.82) is 0 Å². The summed E-state index contributed by atoms with van der Waals surface area (Å²) in [5.41, 5.74) is 4.50. The van der Waals surface area contributed by atoms with Crippen LogP contribution >= 0.6 is 0 Å². The third kappa shape index (κ3) is 1.94. The summed E-state index contributed by atoms with van der Waals surface area (Å²) in [4.78, 5) is 2.37. The minimum Gasteiger partial charge on any atom is -0.374 e. The monoisotopic (exact) mass is 218 g/mol. The topological polar surface area (TPSA) is 15.3 Å². The van der Waals surface area contributed by atoms with E-state index in [2.05, 4.69) is 49.3 Å². The molecule has 0 amide bonds. The molecule has 1 heterocycles. The van der Waals surface area contributed by atoms with Crippen LogP contribution in [0.5, 0.6) is 0 Å². The predicted octanol–water partition coefficient (Wildman–Crippen LogP) is 2.39. The van der Waals surface area contributed by atoms with Crippen LogP contribution < -0.4 is 10.2 Å². The fourth-order valence-corrected chi connectivity index (χ4v) is 2.71. The standard InChI is InChI=1S/C14H22N2/c1-10-9-16(4)13-7-5-6-12(14(10)13)8-11(2)15-3/h5-7,10-11,15H,8-9H2,1-4H3. The fourth-order valence-electron chi connectivity index (χ4n) is 2.71. The van der Waals surface area contributed by atoms with Crippen molar-refractivity contribution in [3.8, 4) is 0 Å². The molecule has 0 radical (unpaired) electrons. The number of anilines is 1. The summed E-state index contributed by atoms with van der Waals surface area (Å²) < 4.78 is 0. The molecule has 2 heteroatoms. The van der Waals surface area contributed by atoms with E-state index in [-0.39, 0.29) is 0 Å². The van der Waals surface area contributed by atoms with Gasteiger partial charge in [0.05, 0.1) is 0 Å². The molecule has 0 saturated heterocycles. The highest BCUT2D eigenvalue weighted by atomic mass is 15.1. The number of likely N-dealkylation sites (N-methyl/N-ethyl adjacent to an activating group) is 2. The van der Waals surface area contributed by atoms with Crippen LogP contribution in [0.2, 0.25) is 0 Å². The molecule has 2 rings (SSSR count). The molecule has 0 spiro atoms. The number of nitrogens with one attached hydrogen (secondary N) is 1. The van der Waals surface area contributed by atoms with Gasteiger partial charge in [0.25, 0.3) is 0 Å². The lowest BCUT2D eigenvalue weighted by molar-refractivity contribution is 0.604. The highest BCUT2D eigenvalue weighted by molar-refractivity contribution is 5.62. The maximum Gasteiger partial charge on any atom is 0.0402 e. The Morgan fingerprint density at radius 2 is 2.25 bits per heavy atom. The number of hydrogen-bond acceptors (Lipinski definition) is 2. The van der Waals surface area contributed by atoms with Gasteiger partial charge in [-0.25, -0.2) is 0 Å². The summed E-state index contributed by atoms with van der Waals surface area (Å²) >= 11 is 0. The van der Waals surface area contributed by atoms with Gasteiger partial charge in [-0.05, 0) is 37.6 Å². The molecule has 1 aromatic carbocycles. The molecule has 1 N–H and O–H groups in total. The quantitative estimate of drug-likeness (QED) is 0.838. The van der Waals surface area contributed by atoms with Crippen LogP contribution in [-0.2, 0) is 6.42 Å². The minimum atomic E-state index is 0.546. The maximum absolute atomic E-state index is 3.32. The van der Waals surface area contributed by atoms with E-state index < -0.39 is 0 Å². The number of nitrogens with zero attached hydrogens (tertiary/aromatic N) is 1. The van der Waals surface area contributed by atoms with Crippen molar-refractivity contribution in [2.45, 2.75) is 32.2 Å². The molecule has 0 saturated carbocycles. The summed E-state index contributed by atoms with van der Waals surface area (Å²) in [5.74, 6) is 0.667. The van der Waals surface area contributed by atoms with Gasteiger partial charge in [-0.1, -0.05) is 19.1 Å². The van der Waals surface area contributed by atoms with E-state index in [1.165, 1.54) is 11.3 Å². The highest BCUT2D eigenvalue weighted by Crippen LogP contribution is 2.37. The SMILES string of the molecule is CNC(C)Cc1cccc2c1C(C)CN2C. The largest absolute Gasteiger partial charge is 0.374 e. The first-order valence-corrected chi connectivity index (χ1v) is 6.13. The average molecular weight is 218 g/mol. The Kier molecular flexibility index (Phi) is 3.20. The second-order valence-electron chi connectivity index (χ2n) is 5.03. The third-order valence-electron chi connectivity index (χ3n) is 3.64. The van der Waals surface area contributed by atoms with E-state index in [1.54, 1.807) is 5.56 Å². The van der Waals surface area contributed by atoms with Crippen molar-refractivity contribution in [3.05, 3.63) is 29.3 Å². The normalized spacial score (nSPS) is 21.0. The number of rotatable bonds is 3. The van der Waals surface area contributed by atoms with E-state index in [4.69, 9.17) is 0 Å². The van der Waals surface area contributed by atoms with Gasteiger partial charge in [0.1, 0.15) is 0 Å². The van der Waals surface area contributed by atoms with Gasteiger partial charge >= 0.3 is 0 Å². The van der Waals surface area contributed by atoms with Crippen LogP contribution in [0.3, 0.4) is 0 Å². The molecule has 0 fully saturated rings. The Hall–Kier alpha value is -1.02. The Morgan fingerprint density at radius 3 is 2.94 bits per heavy atom.